The van der Waals surface area contributed by atoms with E-state index in [9.17, 15) is 0 Å². The van der Waals surface area contributed by atoms with Gasteiger partial charge in [-0.25, -0.2) is 0 Å². The maximum absolute atomic E-state index is 7.09. The fraction of sp³-hybridized carbons (Fsp3) is 0.478. The number of fused-ring (bicyclic) bond motifs is 2. The normalized spacial score (nSPS) is 17.6. The molecule has 0 saturated heterocycles. The molecule has 0 bridgehead atoms. The molecule has 4 aromatic carbocycles. The summed E-state index contributed by atoms with van der Waals surface area (Å²) in [5, 5.41) is 0. The molecule has 6 nitrogen and oxygen atoms in total. The van der Waals surface area contributed by atoms with E-state index < -0.39 is 17.2 Å². The summed E-state index contributed by atoms with van der Waals surface area (Å²) in [7, 11) is -3.55. The summed E-state index contributed by atoms with van der Waals surface area (Å²) in [6.07, 6.45) is 0. The Labute approximate surface area is 327 Å². The second kappa shape index (κ2) is 14.4. The molecule has 2 heterocycles. The van der Waals surface area contributed by atoms with Crippen LogP contribution in [0, 0.1) is 27.7 Å². The molecule has 54 heavy (non-hydrogen) atoms. The molecular formula is C46H60O6P2. The monoisotopic (exact) mass is 770 g/mol. The number of benzene rings is 4. The molecule has 6 rings (SSSR count). The summed E-state index contributed by atoms with van der Waals surface area (Å²) in [6, 6.07) is 17.7. The van der Waals surface area contributed by atoms with E-state index in [1.165, 1.54) is 22.3 Å². The third-order valence-corrected chi connectivity index (χ3v) is 12.1. The van der Waals surface area contributed by atoms with Gasteiger partial charge in [-0.1, -0.05) is 131 Å². The average Bonchev–Trinajstić information content (AvgIpc) is 3.03. The minimum atomic E-state index is -1.78. The Morgan fingerprint density at radius 1 is 0.463 bits per heavy atom. The standard InChI is InChI=1S/C46H60O6P2/c1-27-17-29(3)39-31(19-27)25-47-53(49-39)51-41-35(21-33(43(5,6)7)23-37(41)45(11,12)13)36-22-34(44(8,9)10)24-38(46(14,15)16)42(36)52-54-48-26-32-20-28(2)18-30(4)40(32)50-54/h17-24H,25-26H2,1-16H3. The third kappa shape index (κ3) is 8.48. The van der Waals surface area contributed by atoms with Crippen LogP contribution < -0.4 is 18.1 Å². The van der Waals surface area contributed by atoms with Crippen molar-refractivity contribution >= 4 is 17.2 Å². The van der Waals surface area contributed by atoms with Crippen molar-refractivity contribution in [2.45, 2.75) is 146 Å². The van der Waals surface area contributed by atoms with Gasteiger partial charge in [0.05, 0.1) is 13.2 Å². The average molecular weight is 771 g/mol. The predicted octanol–water partition coefficient (Wildman–Crippen LogP) is 14.2. The Hall–Kier alpha value is -3.14. The van der Waals surface area contributed by atoms with Crippen LogP contribution in [0.2, 0.25) is 0 Å². The van der Waals surface area contributed by atoms with Gasteiger partial charge in [0.1, 0.15) is 23.0 Å². The van der Waals surface area contributed by atoms with Gasteiger partial charge in [-0.15, -0.1) is 0 Å². The molecule has 2 aliphatic rings. The number of aryl methyl sites for hydroxylation is 4. The van der Waals surface area contributed by atoms with E-state index >= 15 is 0 Å². The van der Waals surface area contributed by atoms with Gasteiger partial charge >= 0.3 is 17.2 Å². The van der Waals surface area contributed by atoms with Crippen molar-refractivity contribution in [1.29, 1.82) is 0 Å². The first-order valence-electron chi connectivity index (χ1n) is 19.1. The third-order valence-electron chi connectivity index (χ3n) is 10.1. The summed E-state index contributed by atoms with van der Waals surface area (Å²) >= 11 is 0. The van der Waals surface area contributed by atoms with Crippen molar-refractivity contribution in [2.75, 3.05) is 0 Å². The Bertz CT molecular complexity index is 1920. The van der Waals surface area contributed by atoms with Crippen LogP contribution in [0.3, 0.4) is 0 Å². The molecule has 0 radical (unpaired) electrons. The van der Waals surface area contributed by atoms with E-state index in [4.69, 9.17) is 27.1 Å². The van der Waals surface area contributed by atoms with Crippen LogP contribution in [0.15, 0.2) is 48.5 Å². The molecule has 0 spiro atoms. The molecule has 0 aliphatic carbocycles. The Morgan fingerprint density at radius 2 is 0.815 bits per heavy atom. The van der Waals surface area contributed by atoms with Gasteiger partial charge in [0.15, 0.2) is 0 Å². The molecule has 0 aromatic heterocycles. The van der Waals surface area contributed by atoms with E-state index in [0.717, 1.165) is 67.5 Å². The zero-order valence-corrected chi connectivity index (χ0v) is 37.2. The fourth-order valence-electron chi connectivity index (χ4n) is 7.08. The molecular weight excluding hydrogens is 710 g/mol. The van der Waals surface area contributed by atoms with Gasteiger partial charge in [0.25, 0.3) is 0 Å². The minimum Gasteiger partial charge on any atom is -0.417 e. The van der Waals surface area contributed by atoms with Crippen LogP contribution in [0.4, 0.5) is 0 Å². The van der Waals surface area contributed by atoms with Gasteiger partial charge in [-0.2, -0.15) is 0 Å². The van der Waals surface area contributed by atoms with Gasteiger partial charge in [0.2, 0.25) is 0 Å². The van der Waals surface area contributed by atoms with Crippen LogP contribution in [-0.2, 0) is 43.9 Å². The highest BCUT2D eigenvalue weighted by Gasteiger charge is 2.37. The SMILES string of the molecule is Cc1cc(C)c2c(c1)COP(Oc1c(-c3cc(C(C)(C)C)cc(C(C)(C)C)c3OP3OCc4cc(C)cc(C)c4O3)cc(C(C)(C)C)cc1C(C)(C)C)O2. The van der Waals surface area contributed by atoms with Crippen LogP contribution in [0.25, 0.3) is 11.1 Å². The Kier molecular flexibility index (Phi) is 10.8. The van der Waals surface area contributed by atoms with Crippen LogP contribution in [0.1, 0.15) is 139 Å². The first-order valence-corrected chi connectivity index (χ1v) is 21.3. The van der Waals surface area contributed by atoms with Crippen molar-refractivity contribution in [2.24, 2.45) is 0 Å². The van der Waals surface area contributed by atoms with Crippen molar-refractivity contribution in [1.82, 2.24) is 0 Å². The molecule has 290 valence electrons. The molecule has 2 aliphatic heterocycles. The Morgan fingerprint density at radius 3 is 1.13 bits per heavy atom. The molecule has 2 unspecified atom stereocenters. The lowest BCUT2D eigenvalue weighted by Crippen LogP contribution is -2.21. The maximum atomic E-state index is 7.09. The number of rotatable bonds is 5. The van der Waals surface area contributed by atoms with Gasteiger partial charge < -0.3 is 18.1 Å². The lowest BCUT2D eigenvalue weighted by Gasteiger charge is -2.34. The topological polar surface area (TPSA) is 55.4 Å². The lowest BCUT2D eigenvalue weighted by atomic mass is 9.75. The van der Waals surface area contributed by atoms with Crippen molar-refractivity contribution < 1.29 is 27.1 Å². The lowest BCUT2D eigenvalue weighted by molar-refractivity contribution is 0.230. The number of hydrogen-bond donors (Lipinski definition) is 0. The second-order valence-electron chi connectivity index (χ2n) is 19.3. The highest BCUT2D eigenvalue weighted by molar-refractivity contribution is 7.43. The van der Waals surface area contributed by atoms with Gasteiger partial charge in [0, 0.05) is 33.4 Å². The molecule has 0 N–H and O–H groups in total. The summed E-state index contributed by atoms with van der Waals surface area (Å²) in [5.74, 6) is 3.16. The summed E-state index contributed by atoms with van der Waals surface area (Å²) < 4.78 is 40.1. The first-order chi connectivity index (χ1) is 24.9. The summed E-state index contributed by atoms with van der Waals surface area (Å²) in [4.78, 5) is 0. The van der Waals surface area contributed by atoms with Crippen LogP contribution in [-0.4, -0.2) is 0 Å². The molecule has 4 aromatic rings. The smallest absolute Gasteiger partial charge is 0.417 e. The summed E-state index contributed by atoms with van der Waals surface area (Å²) in [5.41, 5.74) is 12.1. The van der Waals surface area contributed by atoms with E-state index in [2.05, 4.69) is 159 Å². The zero-order valence-electron chi connectivity index (χ0n) is 35.4. The maximum Gasteiger partial charge on any atom is 0.463 e. The van der Waals surface area contributed by atoms with Gasteiger partial charge in [-0.3, -0.25) is 9.05 Å². The van der Waals surface area contributed by atoms with E-state index in [1.54, 1.807) is 0 Å². The Balaban J connectivity index is 1.60. The minimum absolute atomic E-state index is 0.154. The number of hydrogen-bond acceptors (Lipinski definition) is 6. The predicted molar refractivity (Wildman–Crippen MR) is 224 cm³/mol. The van der Waals surface area contributed by atoms with Crippen LogP contribution in [0.5, 0.6) is 23.0 Å². The largest absolute Gasteiger partial charge is 0.463 e. The molecule has 0 saturated carbocycles. The molecule has 2 atom stereocenters. The summed E-state index contributed by atoms with van der Waals surface area (Å²) in [6.45, 7) is 36.2. The van der Waals surface area contributed by atoms with E-state index in [0.29, 0.717) is 13.2 Å². The van der Waals surface area contributed by atoms with Crippen molar-refractivity contribution in [3.8, 4) is 34.1 Å². The van der Waals surface area contributed by atoms with Gasteiger partial charge in [-0.05, 0) is 83.7 Å². The zero-order chi connectivity index (χ0) is 39.7. The molecule has 0 amide bonds. The van der Waals surface area contributed by atoms with Crippen molar-refractivity contribution in [3.63, 3.8) is 0 Å². The molecule has 0 fully saturated rings. The quantitative estimate of drug-likeness (QED) is 0.188. The fourth-order valence-corrected chi connectivity index (χ4v) is 9.37. The van der Waals surface area contributed by atoms with E-state index in [-0.39, 0.29) is 21.7 Å². The second-order valence-corrected chi connectivity index (χ2v) is 21.4. The van der Waals surface area contributed by atoms with Crippen molar-refractivity contribution in [3.05, 3.63) is 104 Å². The highest BCUT2D eigenvalue weighted by atomic mass is 31.2. The molecule has 8 heteroatoms. The first kappa shape index (κ1) is 40.5. The highest BCUT2D eigenvalue weighted by Crippen LogP contribution is 2.58. The van der Waals surface area contributed by atoms with Crippen LogP contribution >= 0.6 is 17.2 Å². The van der Waals surface area contributed by atoms with E-state index in [1.807, 2.05) is 0 Å².